The zero-order chi connectivity index (χ0) is 12.6. The molecule has 0 radical (unpaired) electrons. The highest BCUT2D eigenvalue weighted by molar-refractivity contribution is 5.72. The van der Waals surface area contributed by atoms with Crippen LogP contribution in [0.25, 0.3) is 0 Å². The van der Waals surface area contributed by atoms with Gasteiger partial charge in [-0.15, -0.1) is 0 Å². The molecule has 15 heavy (non-hydrogen) atoms. The Balaban J connectivity index is 0. The van der Waals surface area contributed by atoms with Gasteiger partial charge in [-0.2, -0.15) is 0 Å². The Kier molecular flexibility index (Phi) is 9.47. The van der Waals surface area contributed by atoms with Gasteiger partial charge in [-0.1, -0.05) is 27.7 Å². The smallest absolute Gasteiger partial charge is 0.318 e. The van der Waals surface area contributed by atoms with Crippen molar-refractivity contribution in [2.45, 2.75) is 39.8 Å². The van der Waals surface area contributed by atoms with Crippen molar-refractivity contribution < 1.29 is 4.79 Å². The summed E-state index contributed by atoms with van der Waals surface area (Å²) < 4.78 is 0. The van der Waals surface area contributed by atoms with Crippen LogP contribution in [0.2, 0.25) is 0 Å². The van der Waals surface area contributed by atoms with E-state index < -0.39 is 0 Å². The van der Waals surface area contributed by atoms with Crippen LogP contribution in [-0.2, 0) is 0 Å². The molecule has 0 aliphatic carbocycles. The zero-order valence-corrected chi connectivity index (χ0v) is 11.5. The number of carbonyl (C=O) groups is 1. The van der Waals surface area contributed by atoms with E-state index in [-0.39, 0.29) is 6.03 Å². The van der Waals surface area contributed by atoms with Gasteiger partial charge in [0.1, 0.15) is 0 Å². The lowest BCUT2D eigenvalue weighted by atomic mass is 10.3. The van der Waals surface area contributed by atoms with Gasteiger partial charge in [0, 0.05) is 40.3 Å². The predicted octanol–water partition coefficient (Wildman–Crippen LogP) is 1.62. The van der Waals surface area contributed by atoms with Crippen molar-refractivity contribution >= 4 is 6.03 Å². The largest absolute Gasteiger partial charge is 0.331 e. The first kappa shape index (κ1) is 16.7. The molecule has 0 aromatic heterocycles. The molecule has 1 N–H and O–H groups in total. The van der Waals surface area contributed by atoms with Crippen molar-refractivity contribution in [1.29, 1.82) is 0 Å². The fraction of sp³-hybridized carbons (Fsp3) is 0.909. The van der Waals surface area contributed by atoms with E-state index in [1.165, 1.54) is 9.80 Å². The SMILES string of the molecule is CC(C)NC(C)C.CN(C)C(=O)N(C)C. The third-order valence-corrected chi connectivity index (χ3v) is 1.43. The van der Waals surface area contributed by atoms with Crippen molar-refractivity contribution in [3.63, 3.8) is 0 Å². The Labute approximate surface area is 94.6 Å². The van der Waals surface area contributed by atoms with Crippen LogP contribution >= 0.6 is 0 Å². The van der Waals surface area contributed by atoms with E-state index in [4.69, 9.17) is 0 Å². The van der Waals surface area contributed by atoms with Gasteiger partial charge in [0.2, 0.25) is 0 Å². The van der Waals surface area contributed by atoms with Crippen LogP contribution in [0.5, 0.6) is 0 Å². The highest BCUT2D eigenvalue weighted by Gasteiger charge is 2.02. The summed E-state index contributed by atoms with van der Waals surface area (Å²) in [4.78, 5) is 13.8. The molecule has 0 bridgehead atoms. The first-order chi connectivity index (χ1) is 6.68. The van der Waals surface area contributed by atoms with Gasteiger partial charge in [-0.25, -0.2) is 4.79 Å². The standard InChI is InChI=1S/C6H15N.C5H12N2O/c1-5(2)7-6(3)4;1-6(2)5(8)7(3)4/h5-7H,1-4H3;1-4H3. The minimum Gasteiger partial charge on any atom is -0.331 e. The molecule has 92 valence electrons. The molecule has 4 heteroatoms. The summed E-state index contributed by atoms with van der Waals surface area (Å²) in [6.07, 6.45) is 0. The van der Waals surface area contributed by atoms with Crippen LogP contribution in [-0.4, -0.2) is 56.1 Å². The van der Waals surface area contributed by atoms with E-state index in [1.54, 1.807) is 28.2 Å². The fourth-order valence-corrected chi connectivity index (χ4v) is 1.07. The Bertz CT molecular complexity index is 149. The van der Waals surface area contributed by atoms with Crippen molar-refractivity contribution in [2.75, 3.05) is 28.2 Å². The minimum atomic E-state index is 0.0185. The molecule has 0 heterocycles. The second-order valence-corrected chi connectivity index (χ2v) is 4.55. The van der Waals surface area contributed by atoms with Crippen LogP contribution in [0, 0.1) is 0 Å². The molecule has 0 aromatic carbocycles. The molecule has 0 rings (SSSR count). The topological polar surface area (TPSA) is 35.6 Å². The third-order valence-electron chi connectivity index (χ3n) is 1.43. The van der Waals surface area contributed by atoms with E-state index in [0.717, 1.165) is 0 Å². The Morgan fingerprint density at radius 3 is 1.13 bits per heavy atom. The molecule has 4 nitrogen and oxygen atoms in total. The molecule has 0 spiro atoms. The van der Waals surface area contributed by atoms with Gasteiger partial charge in [-0.05, 0) is 0 Å². The quantitative estimate of drug-likeness (QED) is 0.763. The molecule has 0 saturated heterocycles. The third kappa shape index (κ3) is 13.2. The molecule has 2 amide bonds. The number of amides is 2. The van der Waals surface area contributed by atoms with Crippen LogP contribution in [0.15, 0.2) is 0 Å². The van der Waals surface area contributed by atoms with E-state index >= 15 is 0 Å². The number of hydrogen-bond acceptors (Lipinski definition) is 2. The first-order valence-electron chi connectivity index (χ1n) is 5.33. The highest BCUT2D eigenvalue weighted by Crippen LogP contribution is 1.83. The average molecular weight is 217 g/mol. The average Bonchev–Trinajstić information content (AvgIpc) is 2.00. The molecule has 0 unspecified atom stereocenters. The lowest BCUT2D eigenvalue weighted by Gasteiger charge is -2.16. The molecule has 0 atom stereocenters. The molecular weight excluding hydrogens is 190 g/mol. The van der Waals surface area contributed by atoms with E-state index in [0.29, 0.717) is 12.1 Å². The van der Waals surface area contributed by atoms with Crippen LogP contribution in [0.1, 0.15) is 27.7 Å². The molecule has 0 aromatic rings. The van der Waals surface area contributed by atoms with Crippen LogP contribution in [0.3, 0.4) is 0 Å². The van der Waals surface area contributed by atoms with Crippen LogP contribution < -0.4 is 5.32 Å². The summed E-state index contributed by atoms with van der Waals surface area (Å²) in [5.41, 5.74) is 0. The van der Waals surface area contributed by atoms with Crippen molar-refractivity contribution in [2.24, 2.45) is 0 Å². The maximum atomic E-state index is 10.7. The van der Waals surface area contributed by atoms with Gasteiger partial charge >= 0.3 is 6.03 Å². The maximum absolute atomic E-state index is 10.7. The zero-order valence-electron chi connectivity index (χ0n) is 11.5. The van der Waals surface area contributed by atoms with Crippen molar-refractivity contribution in [3.8, 4) is 0 Å². The van der Waals surface area contributed by atoms with E-state index in [9.17, 15) is 4.79 Å². The lowest BCUT2D eigenvalue weighted by Crippen LogP contribution is -2.33. The highest BCUT2D eigenvalue weighted by atomic mass is 16.2. The number of urea groups is 1. The van der Waals surface area contributed by atoms with Crippen LogP contribution in [0.4, 0.5) is 4.79 Å². The summed E-state index contributed by atoms with van der Waals surface area (Å²) in [5, 5.41) is 3.31. The number of nitrogens with zero attached hydrogens (tertiary/aromatic N) is 2. The van der Waals surface area contributed by atoms with Gasteiger partial charge in [0.05, 0.1) is 0 Å². The fourth-order valence-electron chi connectivity index (χ4n) is 1.07. The Hall–Kier alpha value is -0.770. The van der Waals surface area contributed by atoms with Gasteiger partial charge in [0.15, 0.2) is 0 Å². The Morgan fingerprint density at radius 1 is 0.867 bits per heavy atom. The number of hydrogen-bond donors (Lipinski definition) is 1. The first-order valence-corrected chi connectivity index (χ1v) is 5.33. The number of carbonyl (C=O) groups excluding carboxylic acids is 1. The summed E-state index contributed by atoms with van der Waals surface area (Å²) in [7, 11) is 6.90. The minimum absolute atomic E-state index is 0.0185. The van der Waals surface area contributed by atoms with E-state index in [2.05, 4.69) is 33.0 Å². The number of nitrogens with one attached hydrogen (secondary N) is 1. The molecule has 0 fully saturated rings. The summed E-state index contributed by atoms with van der Waals surface area (Å²) >= 11 is 0. The molecule has 0 aliphatic rings. The summed E-state index contributed by atoms with van der Waals surface area (Å²) in [5.74, 6) is 0. The molecule has 0 saturated carbocycles. The van der Waals surface area contributed by atoms with Gasteiger partial charge in [0.25, 0.3) is 0 Å². The molecular formula is C11H27N3O. The van der Waals surface area contributed by atoms with E-state index in [1.807, 2.05) is 0 Å². The maximum Gasteiger partial charge on any atom is 0.318 e. The normalized spacial score (nSPS) is 9.73. The van der Waals surface area contributed by atoms with Crippen molar-refractivity contribution in [1.82, 2.24) is 15.1 Å². The lowest BCUT2D eigenvalue weighted by molar-refractivity contribution is 0.191. The summed E-state index contributed by atoms with van der Waals surface area (Å²) in [6.45, 7) is 8.61. The number of rotatable bonds is 2. The van der Waals surface area contributed by atoms with Crippen molar-refractivity contribution in [3.05, 3.63) is 0 Å². The monoisotopic (exact) mass is 217 g/mol. The predicted molar refractivity (Wildman–Crippen MR) is 66.2 cm³/mol. The Morgan fingerprint density at radius 2 is 1.13 bits per heavy atom. The second-order valence-electron chi connectivity index (χ2n) is 4.55. The summed E-state index contributed by atoms with van der Waals surface area (Å²) in [6, 6.07) is 1.27. The second kappa shape index (κ2) is 8.53. The molecule has 0 aliphatic heterocycles. The van der Waals surface area contributed by atoms with Gasteiger partial charge < -0.3 is 15.1 Å². The van der Waals surface area contributed by atoms with Gasteiger partial charge in [-0.3, -0.25) is 0 Å².